The van der Waals surface area contributed by atoms with Crippen LogP contribution in [0.25, 0.3) is 49.1 Å². The average Bonchev–Trinajstić information content (AvgIpc) is 3.45. The van der Waals surface area contributed by atoms with Crippen LogP contribution in [0.5, 0.6) is 0 Å². The van der Waals surface area contributed by atoms with E-state index < -0.39 is 0 Å². The van der Waals surface area contributed by atoms with E-state index >= 15 is 0 Å². The second kappa shape index (κ2) is 8.36. The van der Waals surface area contributed by atoms with E-state index in [1.54, 1.807) is 11.3 Å². The molecule has 4 heterocycles. The Labute approximate surface area is 234 Å². The van der Waals surface area contributed by atoms with Crippen LogP contribution in [-0.2, 0) is 0 Å². The summed E-state index contributed by atoms with van der Waals surface area (Å²) in [6.07, 6.45) is 0. The first-order valence-corrected chi connectivity index (χ1v) is 17.0. The molecule has 0 saturated heterocycles. The maximum absolute atomic E-state index is 6.53. The van der Waals surface area contributed by atoms with E-state index in [2.05, 4.69) is 114 Å². The molecule has 0 amide bonds. The first kappa shape index (κ1) is 22.6. The third-order valence-electron chi connectivity index (χ3n) is 5.39. The van der Waals surface area contributed by atoms with Gasteiger partial charge in [-0.2, -0.15) is 0 Å². The Morgan fingerprint density at radius 1 is 0.719 bits per heavy atom. The van der Waals surface area contributed by atoms with Gasteiger partial charge >= 0.3 is 237 Å². The van der Waals surface area contributed by atoms with Crippen molar-refractivity contribution >= 4 is 134 Å². The molecular formula is C24H12Br4OSSe2. The number of thiophene rings is 1. The molecule has 0 spiro atoms. The van der Waals surface area contributed by atoms with E-state index in [4.69, 9.17) is 4.42 Å². The molecule has 1 nitrogen and oxygen atoms in total. The molecule has 6 rings (SSSR count). The average molecular weight is 826 g/mol. The molecule has 2 aromatic carbocycles. The summed E-state index contributed by atoms with van der Waals surface area (Å²) in [5.41, 5.74) is 3.54. The standard InChI is InChI=1S/C24H12Br4OSSe2/c1-9-3-5-11-13(7-9)31-23(15(11)25)20-18(28)21-19(29-20)17(27)22(30-21)24-16(26)12-6-4-10(2)8-14(12)32-24/h3-8H,1-2H3. The van der Waals surface area contributed by atoms with E-state index in [9.17, 15) is 0 Å². The zero-order valence-electron chi connectivity index (χ0n) is 16.6. The molecule has 8 heteroatoms. The Balaban J connectivity index is 1.54. The Bertz CT molecular complexity index is 1580. The summed E-state index contributed by atoms with van der Waals surface area (Å²) < 4.78 is 17.6. The molecule has 0 aliphatic rings. The van der Waals surface area contributed by atoms with Crippen molar-refractivity contribution in [2.75, 3.05) is 0 Å². The Hall–Kier alpha value is 0.119. The molecule has 0 fully saturated rings. The molecule has 0 saturated carbocycles. The van der Waals surface area contributed by atoms with Crippen molar-refractivity contribution in [2.45, 2.75) is 13.8 Å². The number of hydrogen-bond acceptors (Lipinski definition) is 2. The molecule has 0 bridgehead atoms. The molecule has 0 aliphatic heterocycles. The molecule has 0 unspecified atom stereocenters. The van der Waals surface area contributed by atoms with Crippen molar-refractivity contribution in [1.82, 2.24) is 0 Å². The summed E-state index contributed by atoms with van der Waals surface area (Å²) in [4.78, 5) is 1.26. The van der Waals surface area contributed by atoms with Crippen LogP contribution in [0.2, 0.25) is 0 Å². The minimum atomic E-state index is 0.206. The first-order valence-electron chi connectivity index (χ1n) is 9.61. The Kier molecular flexibility index (Phi) is 5.90. The number of fused-ring (bicyclic) bond motifs is 3. The van der Waals surface area contributed by atoms with E-state index in [1.165, 1.54) is 48.6 Å². The van der Waals surface area contributed by atoms with Gasteiger partial charge in [0.25, 0.3) is 0 Å². The van der Waals surface area contributed by atoms with Crippen LogP contribution in [0.4, 0.5) is 0 Å². The van der Waals surface area contributed by atoms with Crippen molar-refractivity contribution in [3.05, 3.63) is 65.4 Å². The number of aryl methyl sites for hydroxylation is 2. The summed E-state index contributed by atoms with van der Waals surface area (Å²) in [7, 11) is 0. The van der Waals surface area contributed by atoms with Gasteiger partial charge in [-0.05, 0) is 0 Å². The fourth-order valence-corrected chi connectivity index (χ4v) is 14.9. The molecule has 160 valence electrons. The molecule has 0 radical (unpaired) electrons. The van der Waals surface area contributed by atoms with Crippen molar-refractivity contribution in [3.63, 3.8) is 0 Å². The molecule has 0 atom stereocenters. The number of halogens is 4. The fourth-order valence-electron chi connectivity index (χ4n) is 3.81. The summed E-state index contributed by atoms with van der Waals surface area (Å²) >= 11 is 17.8. The van der Waals surface area contributed by atoms with E-state index in [0.29, 0.717) is 0 Å². The van der Waals surface area contributed by atoms with Gasteiger partial charge in [-0.3, -0.25) is 0 Å². The van der Waals surface area contributed by atoms with Crippen LogP contribution in [0.3, 0.4) is 0 Å². The zero-order chi connectivity index (χ0) is 22.3. The predicted molar refractivity (Wildman–Crippen MR) is 154 cm³/mol. The quantitative estimate of drug-likeness (QED) is 0.159. The van der Waals surface area contributed by atoms with Crippen LogP contribution >= 0.6 is 75.1 Å². The third kappa shape index (κ3) is 3.44. The van der Waals surface area contributed by atoms with Crippen LogP contribution in [0, 0.1) is 13.8 Å². The second-order valence-corrected chi connectivity index (χ2v) is 16.2. The van der Waals surface area contributed by atoms with Gasteiger partial charge in [-0.15, -0.1) is 0 Å². The van der Waals surface area contributed by atoms with Gasteiger partial charge in [0.05, 0.1) is 0 Å². The predicted octanol–water partition coefficient (Wildman–Crippen LogP) is 9.92. The first-order chi connectivity index (χ1) is 15.3. The van der Waals surface area contributed by atoms with Crippen molar-refractivity contribution in [3.8, 4) is 19.5 Å². The van der Waals surface area contributed by atoms with E-state index in [0.717, 1.165) is 29.5 Å². The van der Waals surface area contributed by atoms with Crippen LogP contribution in [0.15, 0.2) is 58.7 Å². The van der Waals surface area contributed by atoms with Crippen LogP contribution < -0.4 is 0 Å². The second-order valence-electron chi connectivity index (χ2n) is 7.64. The van der Waals surface area contributed by atoms with Crippen molar-refractivity contribution in [2.24, 2.45) is 0 Å². The van der Waals surface area contributed by atoms with Crippen LogP contribution in [0.1, 0.15) is 11.1 Å². The summed E-state index contributed by atoms with van der Waals surface area (Å²) in [5.74, 6) is 0.947. The monoisotopic (exact) mass is 824 g/mol. The van der Waals surface area contributed by atoms with Gasteiger partial charge in [0, 0.05) is 0 Å². The molecule has 0 aliphatic carbocycles. The SMILES string of the molecule is Cc1ccc2c(Br)c(-c3oc4c(Br)c(-c5[se]c6cc(C)ccc6c5Br)sc4c3Br)[se]c2c1. The van der Waals surface area contributed by atoms with Crippen molar-refractivity contribution in [1.29, 1.82) is 0 Å². The summed E-state index contributed by atoms with van der Waals surface area (Å²) in [5, 5.41) is 2.60. The van der Waals surface area contributed by atoms with E-state index in [1.807, 2.05) is 0 Å². The van der Waals surface area contributed by atoms with Gasteiger partial charge in [0.2, 0.25) is 0 Å². The fraction of sp³-hybridized carbons (Fsp3) is 0.0833. The topological polar surface area (TPSA) is 13.1 Å². The van der Waals surface area contributed by atoms with Gasteiger partial charge in [-0.1, -0.05) is 0 Å². The zero-order valence-corrected chi connectivity index (χ0v) is 27.2. The van der Waals surface area contributed by atoms with Gasteiger partial charge < -0.3 is 0 Å². The molecule has 4 aromatic heterocycles. The van der Waals surface area contributed by atoms with Gasteiger partial charge in [0.15, 0.2) is 0 Å². The van der Waals surface area contributed by atoms with Gasteiger partial charge in [-0.25, -0.2) is 0 Å². The minimum absolute atomic E-state index is 0.206. The molecule has 6 aromatic rings. The van der Waals surface area contributed by atoms with Gasteiger partial charge in [0.1, 0.15) is 0 Å². The number of hydrogen-bond donors (Lipinski definition) is 0. The normalized spacial score (nSPS) is 12.1. The number of benzene rings is 2. The Morgan fingerprint density at radius 2 is 1.28 bits per heavy atom. The summed E-state index contributed by atoms with van der Waals surface area (Å²) in [6, 6.07) is 13.4. The number of rotatable bonds is 2. The number of furan rings is 1. The Morgan fingerprint density at radius 3 is 1.88 bits per heavy atom. The van der Waals surface area contributed by atoms with Crippen LogP contribution in [-0.4, -0.2) is 29.0 Å². The molecular weight excluding hydrogens is 814 g/mol. The van der Waals surface area contributed by atoms with Crippen molar-refractivity contribution < 1.29 is 4.42 Å². The maximum atomic E-state index is 6.53. The molecule has 32 heavy (non-hydrogen) atoms. The third-order valence-corrected chi connectivity index (χ3v) is 16.6. The summed E-state index contributed by atoms with van der Waals surface area (Å²) in [6.45, 7) is 4.31. The molecule has 0 N–H and O–H groups in total. The van der Waals surface area contributed by atoms with E-state index in [-0.39, 0.29) is 29.0 Å².